The Bertz CT molecular complexity index is 833. The zero-order valence-corrected chi connectivity index (χ0v) is 16.9. The summed E-state index contributed by atoms with van der Waals surface area (Å²) in [4.78, 5) is 31.6. The van der Waals surface area contributed by atoms with Crippen LogP contribution in [-0.4, -0.2) is 16.6 Å². The Morgan fingerprint density at radius 1 is 0.962 bits per heavy atom. The summed E-state index contributed by atoms with van der Waals surface area (Å²) < 4.78 is 6.28. The first-order valence-electron chi connectivity index (χ1n) is 9.18. The normalized spacial score (nSPS) is 25.1. The number of Topliss-reactive ketones (excluding diaryl/α,β-unsaturated/α-hetero) is 2. The van der Waals surface area contributed by atoms with Gasteiger partial charge in [0.25, 0.3) is 0 Å². The molecule has 26 heavy (non-hydrogen) atoms. The number of rotatable bonds is 1. The first-order valence-corrected chi connectivity index (χ1v) is 10.1. The van der Waals surface area contributed by atoms with E-state index >= 15 is 0 Å². The molecule has 0 radical (unpaired) electrons. The maximum Gasteiger partial charge on any atom is 0.163 e. The lowest BCUT2D eigenvalue weighted by molar-refractivity contribution is -0.120. The summed E-state index contributed by atoms with van der Waals surface area (Å²) in [7, 11) is 0. The average molecular weight is 372 g/mol. The Balaban J connectivity index is 1.92. The van der Waals surface area contributed by atoms with Gasteiger partial charge in [-0.05, 0) is 17.8 Å². The highest BCUT2D eigenvalue weighted by molar-refractivity contribution is 7.10. The fourth-order valence-corrected chi connectivity index (χ4v) is 5.44. The van der Waals surface area contributed by atoms with Crippen molar-refractivity contribution >= 4 is 22.9 Å². The molecule has 2 aliphatic carbocycles. The number of allylic oxidation sites excluding steroid dienone is 4. The summed E-state index contributed by atoms with van der Waals surface area (Å²) in [6.45, 7) is 10.4. The number of ketones is 2. The molecule has 1 aliphatic heterocycles. The molecule has 4 nitrogen and oxygen atoms in total. The van der Waals surface area contributed by atoms with Crippen LogP contribution in [-0.2, 0) is 14.3 Å². The minimum atomic E-state index is -0.298. The smallest absolute Gasteiger partial charge is 0.163 e. The monoisotopic (exact) mass is 371 g/mol. The molecule has 0 amide bonds. The van der Waals surface area contributed by atoms with Crippen molar-refractivity contribution < 1.29 is 14.3 Å². The van der Waals surface area contributed by atoms with Crippen molar-refractivity contribution in [1.29, 1.82) is 0 Å². The van der Waals surface area contributed by atoms with Gasteiger partial charge in [0.2, 0.25) is 0 Å². The van der Waals surface area contributed by atoms with Gasteiger partial charge in [-0.25, -0.2) is 4.98 Å². The van der Waals surface area contributed by atoms with Gasteiger partial charge in [-0.3, -0.25) is 9.59 Å². The quantitative estimate of drug-likeness (QED) is 0.708. The Morgan fingerprint density at radius 3 is 1.88 bits per heavy atom. The Morgan fingerprint density at radius 2 is 1.46 bits per heavy atom. The van der Waals surface area contributed by atoms with Crippen molar-refractivity contribution in [1.82, 2.24) is 4.98 Å². The number of ether oxygens (including phenoxy) is 1. The van der Waals surface area contributed by atoms with Gasteiger partial charge in [-0.2, -0.15) is 0 Å². The molecule has 0 aromatic carbocycles. The van der Waals surface area contributed by atoms with E-state index in [0.717, 1.165) is 34.9 Å². The fraction of sp³-hybridized carbons (Fsp3) is 0.571. The topological polar surface area (TPSA) is 56.3 Å². The summed E-state index contributed by atoms with van der Waals surface area (Å²) in [6, 6.07) is 0. The Hall–Kier alpha value is -1.75. The first kappa shape index (κ1) is 17.7. The van der Waals surface area contributed by atoms with Crippen LogP contribution in [0.1, 0.15) is 69.9 Å². The molecule has 2 heterocycles. The molecule has 0 saturated carbocycles. The number of hydrogen-bond acceptors (Lipinski definition) is 5. The van der Waals surface area contributed by atoms with Crippen molar-refractivity contribution in [3.05, 3.63) is 38.7 Å². The number of carbonyl (C=O) groups is 2. The molecule has 1 aromatic rings. The highest BCUT2D eigenvalue weighted by Crippen LogP contribution is 2.54. The van der Waals surface area contributed by atoms with Gasteiger partial charge < -0.3 is 4.74 Å². The van der Waals surface area contributed by atoms with Crippen LogP contribution < -0.4 is 0 Å². The zero-order chi connectivity index (χ0) is 18.9. The van der Waals surface area contributed by atoms with Crippen molar-refractivity contribution in [3.8, 4) is 0 Å². The van der Waals surface area contributed by atoms with Crippen LogP contribution in [0.15, 0.2) is 28.2 Å². The Labute approximate surface area is 158 Å². The second-order valence-electron chi connectivity index (χ2n) is 9.39. The number of thiazole rings is 1. The van der Waals surface area contributed by atoms with Gasteiger partial charge in [0.05, 0.1) is 17.1 Å². The van der Waals surface area contributed by atoms with Crippen LogP contribution in [0.3, 0.4) is 0 Å². The van der Waals surface area contributed by atoms with Crippen LogP contribution in [0.4, 0.5) is 0 Å². The van der Waals surface area contributed by atoms with E-state index in [1.54, 1.807) is 5.51 Å². The first-order chi connectivity index (χ1) is 12.1. The summed E-state index contributed by atoms with van der Waals surface area (Å²) in [5, 5.41) is 0. The van der Waals surface area contributed by atoms with E-state index in [1.807, 2.05) is 6.92 Å². The predicted molar refractivity (Wildman–Crippen MR) is 101 cm³/mol. The lowest BCUT2D eigenvalue weighted by Gasteiger charge is -2.42. The number of nitrogens with zero attached hydrogens (tertiary/aromatic N) is 1. The predicted octanol–water partition coefficient (Wildman–Crippen LogP) is 4.85. The van der Waals surface area contributed by atoms with E-state index in [0.29, 0.717) is 24.0 Å². The molecule has 138 valence electrons. The molecule has 1 aromatic heterocycles. The second-order valence-corrected chi connectivity index (χ2v) is 10.3. The molecule has 0 unspecified atom stereocenters. The van der Waals surface area contributed by atoms with Crippen LogP contribution in [0, 0.1) is 17.8 Å². The van der Waals surface area contributed by atoms with Gasteiger partial charge in [-0.1, -0.05) is 27.7 Å². The number of hydrogen-bond donors (Lipinski definition) is 0. The van der Waals surface area contributed by atoms with E-state index in [9.17, 15) is 9.59 Å². The molecule has 0 saturated heterocycles. The largest absolute Gasteiger partial charge is 0.465 e. The molecular formula is C21H25NO3S. The molecule has 0 fully saturated rings. The van der Waals surface area contributed by atoms with E-state index in [2.05, 4.69) is 32.7 Å². The molecule has 0 atom stereocenters. The van der Waals surface area contributed by atoms with Gasteiger partial charge >= 0.3 is 0 Å². The van der Waals surface area contributed by atoms with Gasteiger partial charge in [0.1, 0.15) is 11.5 Å². The zero-order valence-electron chi connectivity index (χ0n) is 16.1. The van der Waals surface area contributed by atoms with Gasteiger partial charge in [0.15, 0.2) is 11.6 Å². The third-order valence-corrected chi connectivity index (χ3v) is 6.62. The third kappa shape index (κ3) is 2.77. The molecule has 5 heteroatoms. The molecule has 0 N–H and O–H groups in total. The lowest BCUT2D eigenvalue weighted by atomic mass is 9.66. The number of aromatic nitrogens is 1. The highest BCUT2D eigenvalue weighted by Gasteiger charge is 2.48. The van der Waals surface area contributed by atoms with Crippen molar-refractivity contribution in [2.45, 2.75) is 66.2 Å². The molecule has 4 rings (SSSR count). The maximum atomic E-state index is 13.1. The number of aryl methyl sites for hydroxylation is 1. The van der Waals surface area contributed by atoms with Gasteiger partial charge in [-0.15, -0.1) is 11.3 Å². The number of carbonyl (C=O) groups excluding carboxylic acids is 2. The summed E-state index contributed by atoms with van der Waals surface area (Å²) in [5.74, 6) is 1.46. The van der Waals surface area contributed by atoms with Crippen molar-refractivity contribution in [2.24, 2.45) is 10.8 Å². The lowest BCUT2D eigenvalue weighted by Crippen LogP contribution is -2.37. The fourth-order valence-electron chi connectivity index (χ4n) is 4.52. The van der Waals surface area contributed by atoms with Crippen LogP contribution in [0.2, 0.25) is 0 Å². The van der Waals surface area contributed by atoms with E-state index in [1.165, 1.54) is 11.3 Å². The van der Waals surface area contributed by atoms with Crippen LogP contribution >= 0.6 is 11.3 Å². The summed E-state index contributed by atoms with van der Waals surface area (Å²) >= 11 is 1.53. The highest BCUT2D eigenvalue weighted by atomic mass is 32.1. The second kappa shape index (κ2) is 5.62. The van der Waals surface area contributed by atoms with Gasteiger partial charge in [0, 0.05) is 41.7 Å². The third-order valence-electron chi connectivity index (χ3n) is 5.63. The van der Waals surface area contributed by atoms with Crippen molar-refractivity contribution in [2.75, 3.05) is 0 Å². The molecule has 3 aliphatic rings. The molecular weight excluding hydrogens is 346 g/mol. The minimum absolute atomic E-state index is 0.109. The van der Waals surface area contributed by atoms with Crippen molar-refractivity contribution in [3.63, 3.8) is 0 Å². The van der Waals surface area contributed by atoms with E-state index < -0.39 is 0 Å². The molecule has 0 spiro atoms. The SMILES string of the molecule is Cc1ncsc1C1C2=C(CC(C)(C)CC2=O)OC2=C1C(=O)CC(C)(C)C2. The molecule has 0 bridgehead atoms. The standard InChI is InChI=1S/C21H25NO3S/c1-11-19(26-10-22-11)18-16-12(23)6-20(2,3)8-14(16)25-15-9-21(4,5)7-13(24)17(15)18/h10,18H,6-9H2,1-5H3. The van der Waals surface area contributed by atoms with Crippen LogP contribution in [0.5, 0.6) is 0 Å². The summed E-state index contributed by atoms with van der Waals surface area (Å²) in [5.41, 5.74) is 3.86. The summed E-state index contributed by atoms with van der Waals surface area (Å²) in [6.07, 6.45) is 2.44. The average Bonchev–Trinajstić information content (AvgIpc) is 2.88. The van der Waals surface area contributed by atoms with E-state index in [-0.39, 0.29) is 28.3 Å². The van der Waals surface area contributed by atoms with E-state index in [4.69, 9.17) is 4.74 Å². The Kier molecular flexibility index (Phi) is 3.82. The minimum Gasteiger partial charge on any atom is -0.465 e. The maximum absolute atomic E-state index is 13.1. The van der Waals surface area contributed by atoms with Crippen LogP contribution in [0.25, 0.3) is 0 Å².